The maximum atomic E-state index is 12.0. The maximum absolute atomic E-state index is 12.0. The summed E-state index contributed by atoms with van der Waals surface area (Å²) in [5, 5.41) is 3.33. The molecule has 2 aromatic rings. The van der Waals surface area contributed by atoms with Crippen LogP contribution in [-0.4, -0.2) is 17.0 Å². The monoisotopic (exact) mass is 290 g/mol. The third kappa shape index (κ3) is 3.71. The number of carbonyl (C=O) groups excluding carboxylic acids is 1. The van der Waals surface area contributed by atoms with Gasteiger partial charge < -0.3 is 10.1 Å². The lowest BCUT2D eigenvalue weighted by atomic mass is 10.2. The fraction of sp³-hybridized carbons (Fsp3) is 0.200. The Balaban J connectivity index is 2.00. The number of carbonyl (C=O) groups is 1. The number of nitrogens with zero attached hydrogens (tertiary/aromatic N) is 1. The molecule has 5 heteroatoms. The van der Waals surface area contributed by atoms with E-state index in [4.69, 9.17) is 16.3 Å². The van der Waals surface area contributed by atoms with Gasteiger partial charge in [-0.15, -0.1) is 0 Å². The Morgan fingerprint density at radius 1 is 1.35 bits per heavy atom. The summed E-state index contributed by atoms with van der Waals surface area (Å²) < 4.78 is 5.64. The number of halogens is 1. The van der Waals surface area contributed by atoms with Gasteiger partial charge in [-0.05, 0) is 49.7 Å². The number of benzene rings is 1. The van der Waals surface area contributed by atoms with Crippen LogP contribution in [0.4, 0.5) is 5.82 Å². The molecule has 104 valence electrons. The fourth-order valence-corrected chi connectivity index (χ4v) is 1.88. The summed E-state index contributed by atoms with van der Waals surface area (Å²) in [6.07, 6.45) is 0.988. The molecule has 0 saturated carbocycles. The fourth-order valence-electron chi connectivity index (χ4n) is 1.65. The molecule has 0 radical (unpaired) electrons. The zero-order chi connectivity index (χ0) is 14.5. The van der Waals surface area contributed by atoms with E-state index in [-0.39, 0.29) is 5.91 Å². The molecule has 1 heterocycles. The van der Waals surface area contributed by atoms with E-state index in [0.717, 1.165) is 5.56 Å². The lowest BCUT2D eigenvalue weighted by Gasteiger charge is -2.16. The molecule has 1 aromatic carbocycles. The first-order valence-corrected chi connectivity index (χ1v) is 6.59. The van der Waals surface area contributed by atoms with Crippen LogP contribution >= 0.6 is 11.6 Å². The molecule has 1 atom stereocenters. The summed E-state index contributed by atoms with van der Waals surface area (Å²) >= 11 is 5.88. The van der Waals surface area contributed by atoms with Crippen molar-refractivity contribution in [1.29, 1.82) is 0 Å². The van der Waals surface area contributed by atoms with Crippen molar-refractivity contribution in [1.82, 2.24) is 4.98 Å². The van der Waals surface area contributed by atoms with Crippen molar-refractivity contribution in [2.75, 3.05) is 5.32 Å². The Morgan fingerprint density at radius 3 is 2.80 bits per heavy atom. The van der Waals surface area contributed by atoms with E-state index in [1.165, 1.54) is 0 Å². The Bertz CT molecular complexity index is 602. The highest BCUT2D eigenvalue weighted by Gasteiger charge is 2.16. The van der Waals surface area contributed by atoms with Crippen molar-refractivity contribution in [2.24, 2.45) is 0 Å². The van der Waals surface area contributed by atoms with Crippen molar-refractivity contribution in [3.63, 3.8) is 0 Å². The van der Waals surface area contributed by atoms with Gasteiger partial charge in [0.05, 0.1) is 0 Å². The van der Waals surface area contributed by atoms with Gasteiger partial charge in [0.1, 0.15) is 11.6 Å². The Labute approximate surface area is 122 Å². The zero-order valence-corrected chi connectivity index (χ0v) is 12.0. The van der Waals surface area contributed by atoms with E-state index in [9.17, 15) is 4.79 Å². The zero-order valence-electron chi connectivity index (χ0n) is 11.3. The van der Waals surface area contributed by atoms with Gasteiger partial charge in [-0.25, -0.2) is 4.98 Å². The van der Waals surface area contributed by atoms with Gasteiger partial charge in [-0.2, -0.15) is 0 Å². The summed E-state index contributed by atoms with van der Waals surface area (Å²) in [6, 6.07) is 10.6. The number of hydrogen-bond acceptors (Lipinski definition) is 3. The van der Waals surface area contributed by atoms with Gasteiger partial charge in [0.2, 0.25) is 0 Å². The predicted octanol–water partition coefficient (Wildman–Crippen LogP) is 3.45. The standard InChI is InChI=1S/C15H15ClN2O2/c1-10-9-12(16)6-7-13(10)20-11(2)15(19)18-14-5-3-4-8-17-14/h3-9,11H,1-2H3,(H,17,18,19)/t11-/m1/s1. The molecule has 0 aliphatic carbocycles. The SMILES string of the molecule is Cc1cc(Cl)ccc1O[C@H](C)C(=O)Nc1ccccn1. The summed E-state index contributed by atoms with van der Waals surface area (Å²) in [4.78, 5) is 16.0. The minimum atomic E-state index is -0.628. The van der Waals surface area contributed by atoms with Gasteiger partial charge in [0, 0.05) is 11.2 Å². The molecule has 0 aliphatic rings. The number of rotatable bonds is 4. The van der Waals surface area contributed by atoms with Crippen LogP contribution in [0.2, 0.25) is 5.02 Å². The molecule has 0 aliphatic heterocycles. The summed E-state index contributed by atoms with van der Waals surface area (Å²) in [5.74, 6) is 0.886. The van der Waals surface area contributed by atoms with Gasteiger partial charge in [0.25, 0.3) is 5.91 Å². The second-order valence-electron chi connectivity index (χ2n) is 4.37. The number of ether oxygens (including phenoxy) is 1. The molecule has 20 heavy (non-hydrogen) atoms. The van der Waals surface area contributed by atoms with Crippen molar-refractivity contribution in [3.8, 4) is 5.75 Å². The van der Waals surface area contributed by atoms with Crippen LogP contribution in [0.1, 0.15) is 12.5 Å². The lowest BCUT2D eigenvalue weighted by molar-refractivity contribution is -0.122. The quantitative estimate of drug-likeness (QED) is 0.938. The summed E-state index contributed by atoms with van der Waals surface area (Å²) in [5.41, 5.74) is 0.884. The van der Waals surface area contributed by atoms with Crippen LogP contribution in [-0.2, 0) is 4.79 Å². The molecule has 0 unspecified atom stereocenters. The van der Waals surface area contributed by atoms with Gasteiger partial charge in [-0.1, -0.05) is 17.7 Å². The largest absolute Gasteiger partial charge is 0.481 e. The van der Waals surface area contributed by atoms with E-state index in [1.807, 2.05) is 6.92 Å². The van der Waals surface area contributed by atoms with Gasteiger partial charge in [-0.3, -0.25) is 4.79 Å². The van der Waals surface area contributed by atoms with Crippen molar-refractivity contribution in [2.45, 2.75) is 20.0 Å². The molecule has 1 aromatic heterocycles. The number of nitrogens with one attached hydrogen (secondary N) is 1. The lowest BCUT2D eigenvalue weighted by Crippen LogP contribution is -2.30. The second kappa shape index (κ2) is 6.39. The normalized spacial score (nSPS) is 11.8. The summed E-state index contributed by atoms with van der Waals surface area (Å²) in [6.45, 7) is 3.57. The first kappa shape index (κ1) is 14.3. The first-order valence-electron chi connectivity index (χ1n) is 6.21. The average molecular weight is 291 g/mol. The van der Waals surface area contributed by atoms with E-state index in [2.05, 4.69) is 10.3 Å². The third-order valence-electron chi connectivity index (χ3n) is 2.73. The van der Waals surface area contributed by atoms with E-state index < -0.39 is 6.10 Å². The Morgan fingerprint density at radius 2 is 2.15 bits per heavy atom. The molecule has 0 saturated heterocycles. The van der Waals surface area contributed by atoms with Crippen molar-refractivity contribution < 1.29 is 9.53 Å². The summed E-state index contributed by atoms with van der Waals surface area (Å²) in [7, 11) is 0. The smallest absolute Gasteiger partial charge is 0.266 e. The highest BCUT2D eigenvalue weighted by atomic mass is 35.5. The number of hydrogen-bond donors (Lipinski definition) is 1. The van der Waals surface area contributed by atoms with E-state index in [0.29, 0.717) is 16.6 Å². The molecular formula is C15H15ClN2O2. The minimum Gasteiger partial charge on any atom is -0.481 e. The van der Waals surface area contributed by atoms with Crippen LogP contribution in [0.15, 0.2) is 42.6 Å². The van der Waals surface area contributed by atoms with Crippen LogP contribution in [0, 0.1) is 6.92 Å². The van der Waals surface area contributed by atoms with Gasteiger partial charge >= 0.3 is 0 Å². The number of anilines is 1. The van der Waals surface area contributed by atoms with E-state index in [1.54, 1.807) is 49.5 Å². The number of amides is 1. The predicted molar refractivity (Wildman–Crippen MR) is 79.1 cm³/mol. The molecule has 2 rings (SSSR count). The second-order valence-corrected chi connectivity index (χ2v) is 4.81. The van der Waals surface area contributed by atoms with Crippen LogP contribution in [0.3, 0.4) is 0 Å². The van der Waals surface area contributed by atoms with Gasteiger partial charge in [0.15, 0.2) is 6.10 Å². The minimum absolute atomic E-state index is 0.252. The molecule has 0 bridgehead atoms. The van der Waals surface area contributed by atoms with Crippen LogP contribution in [0.25, 0.3) is 0 Å². The topological polar surface area (TPSA) is 51.2 Å². The van der Waals surface area contributed by atoms with E-state index >= 15 is 0 Å². The highest BCUT2D eigenvalue weighted by molar-refractivity contribution is 6.30. The molecule has 4 nitrogen and oxygen atoms in total. The van der Waals surface area contributed by atoms with Crippen LogP contribution in [0.5, 0.6) is 5.75 Å². The number of pyridine rings is 1. The first-order chi connectivity index (χ1) is 9.56. The molecular weight excluding hydrogens is 276 g/mol. The van der Waals surface area contributed by atoms with Crippen molar-refractivity contribution >= 4 is 23.3 Å². The number of aryl methyl sites for hydroxylation is 1. The Hall–Kier alpha value is -2.07. The van der Waals surface area contributed by atoms with Crippen molar-refractivity contribution in [3.05, 3.63) is 53.2 Å². The molecule has 0 fully saturated rings. The molecule has 1 N–H and O–H groups in total. The molecule has 1 amide bonds. The molecule has 0 spiro atoms. The average Bonchev–Trinajstić information content (AvgIpc) is 2.43. The third-order valence-corrected chi connectivity index (χ3v) is 2.96. The number of aromatic nitrogens is 1. The Kier molecular flexibility index (Phi) is 4.58. The highest BCUT2D eigenvalue weighted by Crippen LogP contribution is 2.23. The van der Waals surface area contributed by atoms with Crippen LogP contribution < -0.4 is 10.1 Å². The maximum Gasteiger partial charge on any atom is 0.266 e.